The molecule has 1 unspecified atom stereocenters. The molecule has 1 aromatic carbocycles. The third kappa shape index (κ3) is 3.57. The largest absolute Gasteiger partial charge is 0.497 e. The molecule has 0 heterocycles. The highest BCUT2D eigenvalue weighted by atomic mass is 16.5. The Bertz CT molecular complexity index is 330. The molecule has 0 amide bonds. The average Bonchev–Trinajstić information content (AvgIpc) is 2.35. The van der Waals surface area contributed by atoms with E-state index in [0.29, 0.717) is 5.75 Å². The van der Waals surface area contributed by atoms with Crippen LogP contribution in [0.2, 0.25) is 0 Å². The van der Waals surface area contributed by atoms with E-state index in [9.17, 15) is 4.79 Å². The van der Waals surface area contributed by atoms with E-state index >= 15 is 0 Å². The van der Waals surface area contributed by atoms with Gasteiger partial charge in [0.1, 0.15) is 18.1 Å². The molecule has 0 radical (unpaired) electrons. The highest BCUT2D eigenvalue weighted by Gasteiger charge is 2.10. The fourth-order valence-electron chi connectivity index (χ4n) is 1.20. The molecule has 1 aromatic rings. The molecule has 3 nitrogen and oxygen atoms in total. The fourth-order valence-corrected chi connectivity index (χ4v) is 1.20. The molecule has 0 spiro atoms. The van der Waals surface area contributed by atoms with Gasteiger partial charge < -0.3 is 9.47 Å². The molecule has 0 aromatic heterocycles. The number of ketones is 1. The van der Waals surface area contributed by atoms with Gasteiger partial charge in [0.25, 0.3) is 0 Å². The maximum Gasteiger partial charge on any atom is 0.172 e. The van der Waals surface area contributed by atoms with Crippen LogP contribution in [0.15, 0.2) is 24.3 Å². The lowest BCUT2D eigenvalue weighted by atomic mass is 10.1. The zero-order chi connectivity index (χ0) is 12.0. The fraction of sp³-hybridized carbons (Fsp3) is 0.462. The van der Waals surface area contributed by atoms with E-state index in [4.69, 9.17) is 9.47 Å². The summed E-state index contributed by atoms with van der Waals surface area (Å²) in [6.45, 7) is 4.05. The number of methoxy groups -OCH3 is 1. The van der Waals surface area contributed by atoms with Crippen LogP contribution in [-0.4, -0.2) is 19.5 Å². The Balaban J connectivity index is 2.45. The van der Waals surface area contributed by atoms with Gasteiger partial charge in [-0.15, -0.1) is 0 Å². The molecule has 16 heavy (non-hydrogen) atoms. The first-order chi connectivity index (χ1) is 7.67. The Hall–Kier alpha value is -1.51. The monoisotopic (exact) mass is 222 g/mol. The normalized spacial score (nSPS) is 11.9. The standard InChI is InChI=1S/C13H18O3/c1-4-10(2)13(14)9-16-12-7-5-11(15-3)6-8-12/h5-8,10H,4,9H2,1-3H3. The molecule has 0 bridgehead atoms. The predicted octanol–water partition coefficient (Wildman–Crippen LogP) is 2.69. The van der Waals surface area contributed by atoms with Crippen LogP contribution in [0, 0.1) is 5.92 Å². The van der Waals surface area contributed by atoms with Gasteiger partial charge in [-0.05, 0) is 30.7 Å². The molecule has 3 heteroatoms. The van der Waals surface area contributed by atoms with Gasteiger partial charge >= 0.3 is 0 Å². The van der Waals surface area contributed by atoms with Crippen LogP contribution in [0.1, 0.15) is 20.3 Å². The van der Waals surface area contributed by atoms with E-state index in [0.717, 1.165) is 12.2 Å². The molecule has 88 valence electrons. The smallest absolute Gasteiger partial charge is 0.172 e. The summed E-state index contributed by atoms with van der Waals surface area (Å²) < 4.78 is 10.4. The number of benzene rings is 1. The van der Waals surface area contributed by atoms with E-state index in [1.165, 1.54) is 0 Å². The highest BCUT2D eigenvalue weighted by Crippen LogP contribution is 2.17. The summed E-state index contributed by atoms with van der Waals surface area (Å²) in [4.78, 5) is 11.5. The molecule has 0 fully saturated rings. The molecule has 0 saturated carbocycles. The minimum Gasteiger partial charge on any atom is -0.497 e. The minimum absolute atomic E-state index is 0.0678. The van der Waals surface area contributed by atoms with Crippen molar-refractivity contribution in [2.75, 3.05) is 13.7 Å². The molecule has 0 aliphatic rings. The first-order valence-electron chi connectivity index (χ1n) is 5.47. The quantitative estimate of drug-likeness (QED) is 0.742. The molecule has 1 rings (SSSR count). The van der Waals surface area contributed by atoms with Crippen molar-refractivity contribution in [3.05, 3.63) is 24.3 Å². The molecule has 0 aliphatic carbocycles. The molecular formula is C13H18O3. The lowest BCUT2D eigenvalue weighted by Gasteiger charge is -2.09. The predicted molar refractivity (Wildman–Crippen MR) is 63.0 cm³/mol. The summed E-state index contributed by atoms with van der Waals surface area (Å²) in [6.07, 6.45) is 0.852. The summed E-state index contributed by atoms with van der Waals surface area (Å²) in [5.41, 5.74) is 0. The summed E-state index contributed by atoms with van der Waals surface area (Å²) in [7, 11) is 1.61. The highest BCUT2D eigenvalue weighted by molar-refractivity contribution is 5.82. The topological polar surface area (TPSA) is 35.5 Å². The third-order valence-electron chi connectivity index (χ3n) is 2.60. The van der Waals surface area contributed by atoms with Crippen molar-refractivity contribution < 1.29 is 14.3 Å². The molecular weight excluding hydrogens is 204 g/mol. The van der Waals surface area contributed by atoms with Crippen LogP contribution in [-0.2, 0) is 4.79 Å². The Morgan fingerprint density at radius 3 is 2.31 bits per heavy atom. The molecule has 1 atom stereocenters. The summed E-state index contributed by atoms with van der Waals surface area (Å²) >= 11 is 0. The first-order valence-corrected chi connectivity index (χ1v) is 5.47. The number of Topliss-reactive ketones (excluding diaryl/α,β-unsaturated/α-hetero) is 1. The van der Waals surface area contributed by atoms with Gasteiger partial charge in [-0.3, -0.25) is 4.79 Å². The lowest BCUT2D eigenvalue weighted by molar-refractivity contribution is -0.124. The number of carbonyl (C=O) groups is 1. The van der Waals surface area contributed by atoms with Gasteiger partial charge in [0.05, 0.1) is 7.11 Å². The van der Waals surface area contributed by atoms with Crippen LogP contribution >= 0.6 is 0 Å². The van der Waals surface area contributed by atoms with Crippen molar-refractivity contribution in [1.29, 1.82) is 0 Å². The van der Waals surface area contributed by atoms with E-state index in [1.54, 1.807) is 19.2 Å². The number of carbonyl (C=O) groups excluding carboxylic acids is 1. The number of ether oxygens (including phenoxy) is 2. The second-order valence-corrected chi connectivity index (χ2v) is 3.74. The maximum atomic E-state index is 11.5. The van der Waals surface area contributed by atoms with Gasteiger partial charge in [0.15, 0.2) is 5.78 Å². The second kappa shape index (κ2) is 6.16. The zero-order valence-electron chi connectivity index (χ0n) is 10.0. The van der Waals surface area contributed by atoms with Gasteiger partial charge in [0.2, 0.25) is 0 Å². The van der Waals surface area contributed by atoms with Crippen molar-refractivity contribution in [3.8, 4) is 11.5 Å². The third-order valence-corrected chi connectivity index (χ3v) is 2.60. The van der Waals surface area contributed by atoms with Crippen molar-refractivity contribution in [3.63, 3.8) is 0 Å². The van der Waals surface area contributed by atoms with E-state index < -0.39 is 0 Å². The summed E-state index contributed by atoms with van der Waals surface area (Å²) in [5, 5.41) is 0. The van der Waals surface area contributed by atoms with Crippen LogP contribution in [0.4, 0.5) is 0 Å². The summed E-state index contributed by atoms with van der Waals surface area (Å²) in [5.74, 6) is 1.68. The van der Waals surface area contributed by atoms with Crippen LogP contribution in [0.25, 0.3) is 0 Å². The van der Waals surface area contributed by atoms with Crippen LogP contribution in [0.5, 0.6) is 11.5 Å². The number of hydrogen-bond donors (Lipinski definition) is 0. The molecule has 0 saturated heterocycles. The van der Waals surface area contributed by atoms with E-state index in [2.05, 4.69) is 0 Å². The van der Waals surface area contributed by atoms with Crippen molar-refractivity contribution in [2.24, 2.45) is 5.92 Å². The lowest BCUT2D eigenvalue weighted by Crippen LogP contribution is -2.18. The van der Waals surface area contributed by atoms with Crippen molar-refractivity contribution >= 4 is 5.78 Å². The van der Waals surface area contributed by atoms with Crippen molar-refractivity contribution in [2.45, 2.75) is 20.3 Å². The molecule has 0 aliphatic heterocycles. The zero-order valence-corrected chi connectivity index (χ0v) is 10.0. The Labute approximate surface area is 96.4 Å². The van der Waals surface area contributed by atoms with Crippen LogP contribution in [0.3, 0.4) is 0 Å². The van der Waals surface area contributed by atoms with Gasteiger partial charge in [-0.25, -0.2) is 0 Å². The SMILES string of the molecule is CCC(C)C(=O)COc1ccc(OC)cc1. The van der Waals surface area contributed by atoms with E-state index in [1.807, 2.05) is 26.0 Å². The van der Waals surface area contributed by atoms with Gasteiger partial charge in [0, 0.05) is 5.92 Å². The molecule has 0 N–H and O–H groups in total. The van der Waals surface area contributed by atoms with Crippen molar-refractivity contribution in [1.82, 2.24) is 0 Å². The average molecular weight is 222 g/mol. The number of rotatable bonds is 6. The summed E-state index contributed by atoms with van der Waals surface area (Å²) in [6, 6.07) is 7.21. The van der Waals surface area contributed by atoms with Gasteiger partial charge in [-0.1, -0.05) is 13.8 Å². The Morgan fingerprint density at radius 1 is 1.25 bits per heavy atom. The Kier molecular flexibility index (Phi) is 4.83. The number of hydrogen-bond acceptors (Lipinski definition) is 3. The maximum absolute atomic E-state index is 11.5. The van der Waals surface area contributed by atoms with Gasteiger partial charge in [-0.2, -0.15) is 0 Å². The van der Waals surface area contributed by atoms with E-state index in [-0.39, 0.29) is 18.3 Å². The minimum atomic E-state index is 0.0678. The second-order valence-electron chi connectivity index (χ2n) is 3.74. The van der Waals surface area contributed by atoms with Crippen LogP contribution < -0.4 is 9.47 Å². The first kappa shape index (κ1) is 12.6. The Morgan fingerprint density at radius 2 is 1.81 bits per heavy atom.